The molecule has 0 bridgehead atoms. The number of aryl methyl sites for hydroxylation is 1. The molecular weight excluding hydrogens is 254 g/mol. The van der Waals surface area contributed by atoms with Crippen molar-refractivity contribution in [3.63, 3.8) is 0 Å². The van der Waals surface area contributed by atoms with Gasteiger partial charge in [-0.1, -0.05) is 12.1 Å². The SMILES string of the molecule is O=[N+]([O-])c1ccccc1-n1cc(CCCCl)cn1. The smallest absolute Gasteiger partial charge is 0.258 e. The summed E-state index contributed by atoms with van der Waals surface area (Å²) >= 11 is 5.63. The van der Waals surface area contributed by atoms with E-state index >= 15 is 0 Å². The molecular formula is C12H12ClN3O2. The Kier molecular flexibility index (Phi) is 3.94. The maximum atomic E-state index is 10.9. The Morgan fingerprint density at radius 2 is 2.17 bits per heavy atom. The van der Waals surface area contributed by atoms with Crippen LogP contribution in [0, 0.1) is 10.1 Å². The van der Waals surface area contributed by atoms with Gasteiger partial charge in [-0.05, 0) is 24.5 Å². The van der Waals surface area contributed by atoms with Crippen LogP contribution in [0.3, 0.4) is 0 Å². The van der Waals surface area contributed by atoms with Crippen LogP contribution >= 0.6 is 11.6 Å². The zero-order valence-corrected chi connectivity index (χ0v) is 10.4. The molecule has 0 radical (unpaired) electrons. The Bertz CT molecular complexity index is 554. The second-order valence-corrected chi connectivity index (χ2v) is 4.21. The first kappa shape index (κ1) is 12.6. The van der Waals surface area contributed by atoms with Gasteiger partial charge in [-0.15, -0.1) is 11.6 Å². The topological polar surface area (TPSA) is 61.0 Å². The summed E-state index contributed by atoms with van der Waals surface area (Å²) in [6, 6.07) is 6.54. The predicted octanol–water partition coefficient (Wildman–Crippen LogP) is 2.95. The fraction of sp³-hybridized carbons (Fsp3) is 0.250. The third-order valence-corrected chi connectivity index (χ3v) is 2.83. The second kappa shape index (κ2) is 5.64. The van der Waals surface area contributed by atoms with Crippen LogP contribution in [0.25, 0.3) is 5.69 Å². The molecule has 1 aromatic carbocycles. The molecule has 0 aliphatic carbocycles. The van der Waals surface area contributed by atoms with Crippen LogP contribution in [0.1, 0.15) is 12.0 Å². The molecule has 0 aliphatic rings. The number of nitrogens with zero attached hydrogens (tertiary/aromatic N) is 3. The van der Waals surface area contributed by atoms with Crippen molar-refractivity contribution in [3.8, 4) is 5.69 Å². The molecule has 1 aromatic heterocycles. The minimum atomic E-state index is -0.407. The van der Waals surface area contributed by atoms with Crippen molar-refractivity contribution in [2.75, 3.05) is 5.88 Å². The van der Waals surface area contributed by atoms with Crippen LogP contribution in [0.4, 0.5) is 5.69 Å². The molecule has 0 saturated carbocycles. The Morgan fingerprint density at radius 1 is 1.39 bits per heavy atom. The van der Waals surface area contributed by atoms with Crippen LogP contribution in [-0.2, 0) is 6.42 Å². The van der Waals surface area contributed by atoms with Gasteiger partial charge in [0.25, 0.3) is 5.69 Å². The first-order valence-corrected chi connectivity index (χ1v) is 6.09. The highest BCUT2D eigenvalue weighted by Crippen LogP contribution is 2.21. The third-order valence-electron chi connectivity index (χ3n) is 2.56. The van der Waals surface area contributed by atoms with E-state index in [1.54, 1.807) is 30.6 Å². The Hall–Kier alpha value is -1.88. The van der Waals surface area contributed by atoms with Crippen molar-refractivity contribution >= 4 is 17.3 Å². The molecule has 0 unspecified atom stereocenters. The number of alkyl halides is 1. The van der Waals surface area contributed by atoms with Crippen LogP contribution in [0.15, 0.2) is 36.7 Å². The molecule has 0 N–H and O–H groups in total. The lowest BCUT2D eigenvalue weighted by Crippen LogP contribution is -2.00. The van der Waals surface area contributed by atoms with Gasteiger partial charge in [-0.25, -0.2) is 4.68 Å². The van der Waals surface area contributed by atoms with Crippen LogP contribution in [-0.4, -0.2) is 20.6 Å². The molecule has 0 spiro atoms. The number of nitro benzene ring substituents is 1. The maximum Gasteiger partial charge on any atom is 0.294 e. The predicted molar refractivity (Wildman–Crippen MR) is 69.3 cm³/mol. The zero-order chi connectivity index (χ0) is 13.0. The van der Waals surface area contributed by atoms with Crippen LogP contribution in [0.5, 0.6) is 0 Å². The molecule has 18 heavy (non-hydrogen) atoms. The van der Waals surface area contributed by atoms with Gasteiger partial charge in [0.05, 0.1) is 11.1 Å². The molecule has 2 rings (SSSR count). The number of hydrogen-bond donors (Lipinski definition) is 0. The first-order valence-electron chi connectivity index (χ1n) is 5.55. The Labute approximate surface area is 109 Å². The summed E-state index contributed by atoms with van der Waals surface area (Å²) in [4.78, 5) is 10.5. The molecule has 0 aliphatic heterocycles. The van der Waals surface area contributed by atoms with Gasteiger partial charge in [0.1, 0.15) is 5.69 Å². The minimum absolute atomic E-state index is 0.0458. The van der Waals surface area contributed by atoms with E-state index in [1.165, 1.54) is 10.7 Å². The fourth-order valence-corrected chi connectivity index (χ4v) is 1.84. The number of aromatic nitrogens is 2. The van der Waals surface area contributed by atoms with E-state index in [1.807, 2.05) is 0 Å². The van der Waals surface area contributed by atoms with Gasteiger partial charge in [0.2, 0.25) is 0 Å². The molecule has 94 valence electrons. The van der Waals surface area contributed by atoms with Crippen LogP contribution in [0.2, 0.25) is 0 Å². The number of halogens is 1. The van der Waals surface area contributed by atoms with Crippen molar-refractivity contribution < 1.29 is 4.92 Å². The molecule has 0 fully saturated rings. The Morgan fingerprint density at radius 3 is 2.89 bits per heavy atom. The number of nitro groups is 1. The van der Waals surface area contributed by atoms with E-state index in [-0.39, 0.29) is 5.69 Å². The largest absolute Gasteiger partial charge is 0.294 e. The average molecular weight is 266 g/mol. The van der Waals surface area contributed by atoms with Gasteiger partial charge in [-0.2, -0.15) is 5.10 Å². The van der Waals surface area contributed by atoms with E-state index in [2.05, 4.69) is 5.10 Å². The number of benzene rings is 1. The van der Waals surface area contributed by atoms with E-state index in [0.717, 1.165) is 18.4 Å². The summed E-state index contributed by atoms with van der Waals surface area (Å²) in [7, 11) is 0. The maximum absolute atomic E-state index is 10.9. The summed E-state index contributed by atoms with van der Waals surface area (Å²) in [6.45, 7) is 0. The van der Waals surface area contributed by atoms with Gasteiger partial charge in [-0.3, -0.25) is 10.1 Å². The standard InChI is InChI=1S/C12H12ClN3O2/c13-7-3-4-10-8-14-15(9-10)11-5-1-2-6-12(11)16(17)18/h1-2,5-6,8-9H,3-4,7H2. The lowest BCUT2D eigenvalue weighted by atomic mass is 10.2. The minimum Gasteiger partial charge on any atom is -0.258 e. The van der Waals surface area contributed by atoms with Gasteiger partial charge < -0.3 is 0 Å². The summed E-state index contributed by atoms with van der Waals surface area (Å²) in [5.74, 6) is 0.594. The van der Waals surface area contributed by atoms with Gasteiger partial charge in [0.15, 0.2) is 0 Å². The summed E-state index contributed by atoms with van der Waals surface area (Å²) in [6.07, 6.45) is 5.20. The molecule has 0 saturated heterocycles. The highest BCUT2D eigenvalue weighted by atomic mass is 35.5. The number of hydrogen-bond acceptors (Lipinski definition) is 3. The highest BCUT2D eigenvalue weighted by molar-refractivity contribution is 6.17. The van der Waals surface area contributed by atoms with Crippen molar-refractivity contribution in [1.29, 1.82) is 0 Å². The average Bonchev–Trinajstić information content (AvgIpc) is 2.85. The Balaban J connectivity index is 2.31. The summed E-state index contributed by atoms with van der Waals surface area (Å²) in [5, 5.41) is 15.1. The molecule has 2 aromatic rings. The van der Waals surface area contributed by atoms with Crippen LogP contribution < -0.4 is 0 Å². The van der Waals surface area contributed by atoms with Crippen molar-refractivity contribution in [1.82, 2.24) is 9.78 Å². The second-order valence-electron chi connectivity index (χ2n) is 3.83. The lowest BCUT2D eigenvalue weighted by molar-refractivity contribution is -0.384. The van der Waals surface area contributed by atoms with E-state index in [9.17, 15) is 10.1 Å². The van der Waals surface area contributed by atoms with Crippen molar-refractivity contribution in [2.24, 2.45) is 0 Å². The molecule has 6 heteroatoms. The van der Waals surface area contributed by atoms with E-state index < -0.39 is 4.92 Å². The quantitative estimate of drug-likeness (QED) is 0.474. The first-order chi connectivity index (χ1) is 8.72. The lowest BCUT2D eigenvalue weighted by Gasteiger charge is -2.01. The molecule has 0 atom stereocenters. The highest BCUT2D eigenvalue weighted by Gasteiger charge is 2.14. The molecule has 1 heterocycles. The van der Waals surface area contributed by atoms with E-state index in [0.29, 0.717) is 11.6 Å². The number of rotatable bonds is 5. The van der Waals surface area contributed by atoms with Crippen molar-refractivity contribution in [2.45, 2.75) is 12.8 Å². The molecule has 5 nitrogen and oxygen atoms in total. The third kappa shape index (κ3) is 2.68. The fourth-order valence-electron chi connectivity index (χ4n) is 1.70. The van der Waals surface area contributed by atoms with E-state index in [4.69, 9.17) is 11.6 Å². The monoisotopic (exact) mass is 265 g/mol. The summed E-state index contributed by atoms with van der Waals surface area (Å²) < 4.78 is 1.53. The normalized spacial score (nSPS) is 10.5. The number of para-hydroxylation sites is 2. The van der Waals surface area contributed by atoms with Crippen molar-refractivity contribution in [3.05, 3.63) is 52.3 Å². The van der Waals surface area contributed by atoms with Gasteiger partial charge >= 0.3 is 0 Å². The summed E-state index contributed by atoms with van der Waals surface area (Å²) in [5.41, 5.74) is 1.54. The van der Waals surface area contributed by atoms with Gasteiger partial charge in [0, 0.05) is 18.1 Å². The molecule has 0 amide bonds. The zero-order valence-electron chi connectivity index (χ0n) is 9.62.